The van der Waals surface area contributed by atoms with Crippen molar-refractivity contribution < 1.29 is 14.3 Å². The van der Waals surface area contributed by atoms with Crippen LogP contribution in [0.5, 0.6) is 11.5 Å². The summed E-state index contributed by atoms with van der Waals surface area (Å²) in [5, 5.41) is 0. The molecule has 4 nitrogen and oxygen atoms in total. The van der Waals surface area contributed by atoms with Gasteiger partial charge in [-0.25, -0.2) is 0 Å². The van der Waals surface area contributed by atoms with Gasteiger partial charge in [-0.3, -0.25) is 9.78 Å². The molecule has 0 bridgehead atoms. The van der Waals surface area contributed by atoms with E-state index in [9.17, 15) is 4.79 Å². The SMILES string of the molecule is Cc1ccc(-c2cccc(CC(=O)C3(c4ccc5c(c4)OCO5)CC3)n2)c(C)c1. The first-order valence-corrected chi connectivity index (χ1v) is 10.0. The topological polar surface area (TPSA) is 48.4 Å². The van der Waals surface area contributed by atoms with E-state index in [4.69, 9.17) is 14.5 Å². The van der Waals surface area contributed by atoms with Gasteiger partial charge in [-0.15, -0.1) is 0 Å². The maximum atomic E-state index is 13.2. The number of ether oxygens (including phenoxy) is 2. The monoisotopic (exact) mass is 385 g/mol. The van der Waals surface area contributed by atoms with Crippen molar-refractivity contribution in [3.8, 4) is 22.8 Å². The molecule has 0 saturated heterocycles. The lowest BCUT2D eigenvalue weighted by molar-refractivity contribution is -0.120. The van der Waals surface area contributed by atoms with Crippen LogP contribution >= 0.6 is 0 Å². The van der Waals surface area contributed by atoms with Crippen LogP contribution in [0.2, 0.25) is 0 Å². The minimum atomic E-state index is -0.404. The fourth-order valence-electron chi connectivity index (χ4n) is 4.21. The summed E-state index contributed by atoms with van der Waals surface area (Å²) in [6.45, 7) is 4.43. The standard InChI is InChI=1S/C25H23NO3/c1-16-6-8-20(17(2)12-16)21-5-3-4-19(26-21)14-24(27)25(10-11-25)18-7-9-22-23(13-18)29-15-28-22/h3-9,12-13H,10-11,14-15H2,1-2H3. The van der Waals surface area contributed by atoms with Crippen molar-refractivity contribution in [3.05, 3.63) is 77.0 Å². The van der Waals surface area contributed by atoms with E-state index in [0.29, 0.717) is 6.42 Å². The molecule has 0 amide bonds. The number of benzene rings is 2. The van der Waals surface area contributed by atoms with Crippen LogP contribution in [0.1, 0.15) is 35.2 Å². The zero-order chi connectivity index (χ0) is 20.0. The first-order chi connectivity index (χ1) is 14.0. The van der Waals surface area contributed by atoms with Crippen LogP contribution in [-0.2, 0) is 16.6 Å². The van der Waals surface area contributed by atoms with Crippen LogP contribution in [-0.4, -0.2) is 17.6 Å². The van der Waals surface area contributed by atoms with Gasteiger partial charge in [-0.2, -0.15) is 0 Å². The summed E-state index contributed by atoms with van der Waals surface area (Å²) in [4.78, 5) is 18.0. The molecule has 29 heavy (non-hydrogen) atoms. The Labute approximate surface area is 170 Å². The summed E-state index contributed by atoms with van der Waals surface area (Å²) in [5.74, 6) is 1.71. The van der Waals surface area contributed by atoms with Gasteiger partial charge < -0.3 is 9.47 Å². The molecule has 1 aliphatic heterocycles. The zero-order valence-corrected chi connectivity index (χ0v) is 16.7. The molecule has 2 aromatic carbocycles. The average Bonchev–Trinajstić information content (AvgIpc) is 3.39. The third kappa shape index (κ3) is 3.19. The number of aryl methyl sites for hydroxylation is 2. The number of Topliss-reactive ketones (excluding diaryl/α,β-unsaturated/α-hetero) is 1. The molecule has 0 radical (unpaired) electrons. The molecule has 1 fully saturated rings. The third-order valence-corrected chi connectivity index (χ3v) is 6.02. The molecule has 2 heterocycles. The molecule has 1 saturated carbocycles. The van der Waals surface area contributed by atoms with Gasteiger partial charge in [0.2, 0.25) is 6.79 Å². The minimum absolute atomic E-state index is 0.224. The van der Waals surface area contributed by atoms with Crippen LogP contribution < -0.4 is 9.47 Å². The number of carbonyl (C=O) groups is 1. The van der Waals surface area contributed by atoms with E-state index in [0.717, 1.165) is 46.9 Å². The van der Waals surface area contributed by atoms with Crippen molar-refractivity contribution in [2.24, 2.45) is 0 Å². The molecule has 0 spiro atoms. The Morgan fingerprint density at radius 3 is 2.62 bits per heavy atom. The maximum absolute atomic E-state index is 13.2. The molecule has 0 atom stereocenters. The van der Waals surface area contributed by atoms with Gasteiger partial charge in [0.25, 0.3) is 0 Å². The Balaban J connectivity index is 1.40. The largest absolute Gasteiger partial charge is 0.454 e. The lowest BCUT2D eigenvalue weighted by Gasteiger charge is -2.15. The number of nitrogens with zero attached hydrogens (tertiary/aromatic N) is 1. The molecular weight excluding hydrogens is 362 g/mol. The van der Waals surface area contributed by atoms with E-state index in [1.165, 1.54) is 11.1 Å². The van der Waals surface area contributed by atoms with Crippen molar-refractivity contribution in [1.29, 1.82) is 0 Å². The first-order valence-electron chi connectivity index (χ1n) is 10.0. The van der Waals surface area contributed by atoms with Gasteiger partial charge in [0.15, 0.2) is 11.5 Å². The van der Waals surface area contributed by atoms with E-state index >= 15 is 0 Å². The van der Waals surface area contributed by atoms with E-state index < -0.39 is 5.41 Å². The normalized spacial score (nSPS) is 15.9. The first kappa shape index (κ1) is 17.9. The fraction of sp³-hybridized carbons (Fsp3) is 0.280. The second-order valence-corrected chi connectivity index (χ2v) is 8.08. The quantitative estimate of drug-likeness (QED) is 0.624. The molecule has 1 aromatic heterocycles. The van der Waals surface area contributed by atoms with Crippen molar-refractivity contribution >= 4 is 5.78 Å². The summed E-state index contributed by atoms with van der Waals surface area (Å²) < 4.78 is 10.9. The number of carbonyl (C=O) groups excluding carboxylic acids is 1. The smallest absolute Gasteiger partial charge is 0.231 e. The molecule has 1 aliphatic carbocycles. The number of fused-ring (bicyclic) bond motifs is 1. The highest BCUT2D eigenvalue weighted by molar-refractivity contribution is 5.94. The second kappa shape index (κ2) is 6.73. The summed E-state index contributed by atoms with van der Waals surface area (Å²) in [5.41, 5.74) is 5.90. The van der Waals surface area contributed by atoms with Gasteiger partial charge in [0.1, 0.15) is 5.78 Å². The van der Waals surface area contributed by atoms with E-state index in [1.807, 2.05) is 36.4 Å². The highest BCUT2D eigenvalue weighted by Gasteiger charge is 2.50. The number of hydrogen-bond donors (Lipinski definition) is 0. The molecular formula is C25H23NO3. The number of rotatable bonds is 5. The summed E-state index contributed by atoms with van der Waals surface area (Å²) >= 11 is 0. The Kier molecular flexibility index (Phi) is 4.16. The van der Waals surface area contributed by atoms with Gasteiger partial charge in [0.05, 0.1) is 11.1 Å². The molecule has 2 aliphatic rings. The van der Waals surface area contributed by atoms with Crippen LogP contribution in [0.15, 0.2) is 54.6 Å². The lowest BCUT2D eigenvalue weighted by atomic mass is 9.88. The van der Waals surface area contributed by atoms with E-state index in [1.54, 1.807) is 0 Å². The Morgan fingerprint density at radius 1 is 1.00 bits per heavy atom. The molecule has 3 aromatic rings. The van der Waals surface area contributed by atoms with Crippen LogP contribution in [0, 0.1) is 13.8 Å². The number of hydrogen-bond acceptors (Lipinski definition) is 4. The summed E-state index contributed by atoms with van der Waals surface area (Å²) in [6.07, 6.45) is 2.09. The van der Waals surface area contributed by atoms with Gasteiger partial charge in [-0.1, -0.05) is 35.9 Å². The van der Waals surface area contributed by atoms with E-state index in [-0.39, 0.29) is 12.6 Å². The molecule has 146 valence electrons. The van der Waals surface area contributed by atoms with Gasteiger partial charge in [0, 0.05) is 17.7 Å². The zero-order valence-electron chi connectivity index (χ0n) is 16.7. The average molecular weight is 385 g/mol. The Morgan fingerprint density at radius 2 is 1.83 bits per heavy atom. The lowest BCUT2D eigenvalue weighted by Crippen LogP contribution is -2.23. The number of pyridine rings is 1. The molecule has 0 unspecified atom stereocenters. The van der Waals surface area contributed by atoms with Crippen molar-refractivity contribution in [2.75, 3.05) is 6.79 Å². The van der Waals surface area contributed by atoms with Crippen molar-refractivity contribution in [3.63, 3.8) is 0 Å². The molecule has 4 heteroatoms. The highest BCUT2D eigenvalue weighted by Crippen LogP contribution is 2.51. The van der Waals surface area contributed by atoms with Crippen LogP contribution in [0.4, 0.5) is 0 Å². The van der Waals surface area contributed by atoms with Gasteiger partial charge >= 0.3 is 0 Å². The third-order valence-electron chi connectivity index (χ3n) is 6.02. The molecule has 5 rings (SSSR count). The van der Waals surface area contributed by atoms with Crippen LogP contribution in [0.25, 0.3) is 11.3 Å². The second-order valence-electron chi connectivity index (χ2n) is 8.08. The number of ketones is 1. The number of aromatic nitrogens is 1. The van der Waals surface area contributed by atoms with Crippen molar-refractivity contribution in [1.82, 2.24) is 4.98 Å². The van der Waals surface area contributed by atoms with Crippen LogP contribution in [0.3, 0.4) is 0 Å². The predicted octanol–water partition coefficient (Wildman–Crippen LogP) is 4.94. The van der Waals surface area contributed by atoms with Gasteiger partial charge in [-0.05, 0) is 62.1 Å². The summed E-state index contributed by atoms with van der Waals surface area (Å²) in [7, 11) is 0. The summed E-state index contributed by atoms with van der Waals surface area (Å²) in [6, 6.07) is 18.2. The Hall–Kier alpha value is -3.14. The van der Waals surface area contributed by atoms with E-state index in [2.05, 4.69) is 32.0 Å². The highest BCUT2D eigenvalue weighted by atomic mass is 16.7. The van der Waals surface area contributed by atoms with Crippen molar-refractivity contribution in [2.45, 2.75) is 38.5 Å². The maximum Gasteiger partial charge on any atom is 0.231 e. The Bertz CT molecular complexity index is 1110. The molecule has 0 N–H and O–H groups in total. The minimum Gasteiger partial charge on any atom is -0.454 e. The fourth-order valence-corrected chi connectivity index (χ4v) is 4.21. The predicted molar refractivity (Wildman–Crippen MR) is 111 cm³/mol.